The Balaban J connectivity index is 0.000000434. The third kappa shape index (κ3) is 5.16. The summed E-state index contributed by atoms with van der Waals surface area (Å²) < 4.78 is 22.2. The number of methoxy groups -OCH3 is 3. The van der Waals surface area contributed by atoms with Gasteiger partial charge in [0.25, 0.3) is 0 Å². The molecule has 2 aliphatic rings. The van der Waals surface area contributed by atoms with Gasteiger partial charge in [0, 0.05) is 30.6 Å². The molecule has 9 heteroatoms. The van der Waals surface area contributed by atoms with E-state index in [1.165, 1.54) is 30.1 Å². The number of hydrogen-bond acceptors (Lipinski definition) is 7. The van der Waals surface area contributed by atoms with Crippen molar-refractivity contribution in [1.29, 1.82) is 0 Å². The van der Waals surface area contributed by atoms with E-state index in [-0.39, 0.29) is 11.0 Å². The van der Waals surface area contributed by atoms with Gasteiger partial charge in [-0.1, -0.05) is 18.2 Å². The summed E-state index contributed by atoms with van der Waals surface area (Å²) in [6.07, 6.45) is 1.64. The van der Waals surface area contributed by atoms with Gasteiger partial charge in [-0.3, -0.25) is 14.7 Å². The molecule has 0 saturated carbocycles. The van der Waals surface area contributed by atoms with Gasteiger partial charge in [-0.25, -0.2) is 0 Å². The Morgan fingerprint density at radius 3 is 2.06 bits per heavy atom. The molecule has 1 amide bonds. The molecule has 2 N–H and O–H groups in total. The van der Waals surface area contributed by atoms with E-state index in [4.69, 9.17) is 36.9 Å². The SMILES string of the molecule is COc1cc2nccc(Oc3ccc(N(C(C)=O)C(N)=S)c(OC)c3)c2cc1OC.c1cc2cc-2c1. The molecule has 0 fully saturated rings. The number of aromatic nitrogens is 1. The van der Waals surface area contributed by atoms with Crippen LogP contribution in [0.1, 0.15) is 6.92 Å². The van der Waals surface area contributed by atoms with Crippen LogP contribution in [0.25, 0.3) is 22.0 Å². The molecule has 0 aliphatic heterocycles. The van der Waals surface area contributed by atoms with Crippen LogP contribution in [0.5, 0.6) is 28.7 Å². The standard InChI is InChI=1S/C21H21N3O5S.C6H4/c1-12(25)24(21(22)30)16-6-5-13(9-18(16)26-2)29-17-7-8-23-15-11-20(28-4)19(27-3)10-14(15)17;1-2-5-4-6(5)3-1/h5-11H,1-4H3,(H2,22,30);1-4H. The molecular weight excluding hydrogens is 478 g/mol. The molecule has 184 valence electrons. The lowest BCUT2D eigenvalue weighted by Crippen LogP contribution is -2.39. The monoisotopic (exact) mass is 503 g/mol. The number of nitrogens with zero attached hydrogens (tertiary/aromatic N) is 2. The Bertz CT molecular complexity index is 1430. The summed E-state index contributed by atoms with van der Waals surface area (Å²) in [4.78, 5) is 17.5. The van der Waals surface area contributed by atoms with E-state index < -0.39 is 0 Å². The summed E-state index contributed by atoms with van der Waals surface area (Å²) in [6.45, 7) is 1.37. The van der Waals surface area contributed by atoms with Crippen molar-refractivity contribution in [1.82, 2.24) is 4.98 Å². The van der Waals surface area contributed by atoms with Crippen LogP contribution in [-0.4, -0.2) is 37.3 Å². The van der Waals surface area contributed by atoms with Gasteiger partial charge in [0.1, 0.15) is 17.2 Å². The molecule has 8 nitrogen and oxygen atoms in total. The fourth-order valence-electron chi connectivity index (χ4n) is 3.69. The first-order valence-corrected chi connectivity index (χ1v) is 11.3. The van der Waals surface area contributed by atoms with Crippen LogP contribution >= 0.6 is 12.2 Å². The fourth-order valence-corrected chi connectivity index (χ4v) is 3.92. The lowest BCUT2D eigenvalue weighted by atomic mass is 10.1. The van der Waals surface area contributed by atoms with E-state index in [0.717, 1.165) is 5.39 Å². The van der Waals surface area contributed by atoms with Crippen LogP contribution in [0.3, 0.4) is 0 Å². The lowest BCUT2D eigenvalue weighted by molar-refractivity contribution is -0.115. The maximum Gasteiger partial charge on any atom is 0.230 e. The number of ether oxygens (including phenoxy) is 4. The number of nitrogens with two attached hydrogens (primary N) is 1. The highest BCUT2D eigenvalue weighted by Gasteiger charge is 2.20. The highest BCUT2D eigenvalue weighted by molar-refractivity contribution is 7.80. The van der Waals surface area contributed by atoms with Crippen molar-refractivity contribution in [2.24, 2.45) is 5.73 Å². The number of hydrogen-bond donors (Lipinski definition) is 1. The normalized spacial score (nSPS) is 10.6. The molecule has 0 unspecified atom stereocenters. The van der Waals surface area contributed by atoms with E-state index in [2.05, 4.69) is 29.2 Å². The van der Waals surface area contributed by atoms with E-state index in [0.29, 0.717) is 40.0 Å². The van der Waals surface area contributed by atoms with E-state index in [1.54, 1.807) is 56.8 Å². The number of fused-ring (bicyclic) bond motifs is 2. The molecular formula is C27H25N3O5S. The molecule has 1 aromatic heterocycles. The number of carbonyl (C=O) groups is 1. The van der Waals surface area contributed by atoms with Crippen molar-refractivity contribution in [3.05, 3.63) is 66.9 Å². The van der Waals surface area contributed by atoms with Crippen LogP contribution < -0.4 is 29.6 Å². The van der Waals surface area contributed by atoms with Gasteiger partial charge >= 0.3 is 0 Å². The van der Waals surface area contributed by atoms with Gasteiger partial charge < -0.3 is 24.7 Å². The molecule has 5 rings (SSSR count). The smallest absolute Gasteiger partial charge is 0.230 e. The van der Waals surface area contributed by atoms with Crippen LogP contribution in [0.2, 0.25) is 0 Å². The highest BCUT2D eigenvalue weighted by Crippen LogP contribution is 2.39. The zero-order valence-electron chi connectivity index (χ0n) is 20.3. The summed E-state index contributed by atoms with van der Waals surface area (Å²) in [5.74, 6) is 2.24. The predicted molar refractivity (Wildman–Crippen MR) is 143 cm³/mol. The summed E-state index contributed by atoms with van der Waals surface area (Å²) >= 11 is 4.98. The minimum absolute atomic E-state index is 0.0735. The maximum atomic E-state index is 11.9. The predicted octanol–water partition coefficient (Wildman–Crippen LogP) is 5.32. The summed E-state index contributed by atoms with van der Waals surface area (Å²) in [6, 6.07) is 18.8. The zero-order valence-corrected chi connectivity index (χ0v) is 21.1. The molecule has 36 heavy (non-hydrogen) atoms. The Morgan fingerprint density at radius 1 is 0.861 bits per heavy atom. The van der Waals surface area contributed by atoms with Crippen LogP contribution in [0.4, 0.5) is 5.69 Å². The number of amides is 1. The third-order valence-electron chi connectivity index (χ3n) is 5.47. The molecule has 1 heterocycles. The number of thiocarbonyl (C=S) groups is 1. The first-order valence-electron chi connectivity index (χ1n) is 10.9. The number of carbonyl (C=O) groups excluding carboxylic acids is 1. The molecule has 0 atom stereocenters. The minimum Gasteiger partial charge on any atom is -0.494 e. The Kier molecular flexibility index (Phi) is 7.21. The van der Waals surface area contributed by atoms with Gasteiger partial charge in [0.2, 0.25) is 5.91 Å². The first kappa shape index (κ1) is 24.7. The van der Waals surface area contributed by atoms with Gasteiger partial charge in [-0.05, 0) is 53.7 Å². The van der Waals surface area contributed by atoms with Gasteiger partial charge in [-0.15, -0.1) is 0 Å². The number of benzene rings is 3. The molecule has 0 radical (unpaired) electrons. The van der Waals surface area contributed by atoms with Gasteiger partial charge in [0.15, 0.2) is 16.6 Å². The van der Waals surface area contributed by atoms with Crippen LogP contribution in [-0.2, 0) is 4.79 Å². The summed E-state index contributed by atoms with van der Waals surface area (Å²) in [5.41, 5.74) is 9.65. The number of anilines is 1. The van der Waals surface area contributed by atoms with Gasteiger partial charge in [-0.2, -0.15) is 0 Å². The van der Waals surface area contributed by atoms with Crippen molar-refractivity contribution in [3.8, 4) is 39.9 Å². The average molecular weight is 504 g/mol. The molecule has 0 saturated heterocycles. The van der Waals surface area contributed by atoms with Crippen LogP contribution in [0, 0.1) is 0 Å². The number of rotatable bonds is 6. The second-order valence-corrected chi connectivity index (χ2v) is 8.16. The summed E-state index contributed by atoms with van der Waals surface area (Å²) in [7, 11) is 4.61. The lowest BCUT2D eigenvalue weighted by Gasteiger charge is -2.22. The summed E-state index contributed by atoms with van der Waals surface area (Å²) in [5, 5.41) is 0.669. The molecule has 0 spiro atoms. The van der Waals surface area contributed by atoms with Crippen molar-refractivity contribution < 1.29 is 23.7 Å². The third-order valence-corrected chi connectivity index (χ3v) is 5.66. The fraction of sp³-hybridized carbons (Fsp3) is 0.148. The molecule has 3 aromatic rings. The second kappa shape index (κ2) is 10.5. The minimum atomic E-state index is -0.323. The van der Waals surface area contributed by atoms with Crippen molar-refractivity contribution in [2.75, 3.05) is 26.2 Å². The van der Waals surface area contributed by atoms with Gasteiger partial charge in [0.05, 0.1) is 32.5 Å². The maximum absolute atomic E-state index is 11.9. The van der Waals surface area contributed by atoms with E-state index in [9.17, 15) is 4.79 Å². The second-order valence-electron chi connectivity index (χ2n) is 7.74. The van der Waals surface area contributed by atoms with E-state index in [1.807, 2.05) is 0 Å². The van der Waals surface area contributed by atoms with Crippen LogP contribution in [0.15, 0.2) is 66.9 Å². The Labute approximate surface area is 214 Å². The Morgan fingerprint density at radius 2 is 1.53 bits per heavy atom. The molecule has 2 aliphatic carbocycles. The molecule has 0 bridgehead atoms. The van der Waals surface area contributed by atoms with Crippen molar-refractivity contribution in [3.63, 3.8) is 0 Å². The first-order chi connectivity index (χ1) is 17.4. The highest BCUT2D eigenvalue weighted by atomic mass is 32.1. The topological polar surface area (TPSA) is 96.1 Å². The average Bonchev–Trinajstić information content (AvgIpc) is 3.47. The number of pyridine rings is 1. The van der Waals surface area contributed by atoms with Crippen molar-refractivity contribution in [2.45, 2.75) is 6.92 Å². The van der Waals surface area contributed by atoms with E-state index >= 15 is 0 Å². The van der Waals surface area contributed by atoms with Crippen molar-refractivity contribution >= 4 is 39.8 Å². The largest absolute Gasteiger partial charge is 0.494 e. The zero-order chi connectivity index (χ0) is 25.8. The Hall–Kier alpha value is -4.37. The molecule has 2 aromatic carbocycles. The quantitative estimate of drug-likeness (QED) is 0.311.